The predicted molar refractivity (Wildman–Crippen MR) is 57.6 cm³/mol. The van der Waals surface area contributed by atoms with Crippen molar-refractivity contribution in [3.8, 4) is 11.1 Å². The average Bonchev–Trinajstić information content (AvgIpc) is 2.65. The van der Waals surface area contributed by atoms with Crippen molar-refractivity contribution >= 4 is 11.3 Å². The third-order valence-electron chi connectivity index (χ3n) is 2.10. The topological polar surface area (TPSA) is 26.0 Å². The zero-order valence-corrected chi connectivity index (χ0v) is 8.35. The van der Waals surface area contributed by atoms with Crippen LogP contribution in [0.5, 0.6) is 0 Å². The molecule has 1 nitrogen and oxygen atoms in total. The predicted octanol–water partition coefficient (Wildman–Crippen LogP) is 3.01. The molecule has 0 radical (unpaired) electrons. The highest BCUT2D eigenvalue weighted by Crippen LogP contribution is 2.27. The average molecular weight is 207 g/mol. The van der Waals surface area contributed by atoms with Gasteiger partial charge in [0.25, 0.3) is 0 Å². The van der Waals surface area contributed by atoms with Gasteiger partial charge in [-0.1, -0.05) is 12.1 Å². The summed E-state index contributed by atoms with van der Waals surface area (Å²) in [7, 11) is 0. The summed E-state index contributed by atoms with van der Waals surface area (Å²) in [6.45, 7) is 0.495. The van der Waals surface area contributed by atoms with Crippen LogP contribution in [0.2, 0.25) is 0 Å². The number of hydrogen-bond acceptors (Lipinski definition) is 2. The summed E-state index contributed by atoms with van der Waals surface area (Å²) in [5, 5.41) is 4.00. The zero-order chi connectivity index (χ0) is 9.97. The molecule has 0 amide bonds. The molecule has 0 aliphatic heterocycles. The van der Waals surface area contributed by atoms with Crippen LogP contribution < -0.4 is 5.73 Å². The van der Waals surface area contributed by atoms with Gasteiger partial charge in [0.1, 0.15) is 5.82 Å². The first kappa shape index (κ1) is 9.37. The van der Waals surface area contributed by atoms with Gasteiger partial charge in [0.2, 0.25) is 0 Å². The Labute approximate surface area is 86.0 Å². The lowest BCUT2D eigenvalue weighted by Gasteiger charge is -2.01. The molecule has 2 N–H and O–H groups in total. The van der Waals surface area contributed by atoms with Crippen LogP contribution in [0.15, 0.2) is 35.0 Å². The van der Waals surface area contributed by atoms with Gasteiger partial charge in [0.15, 0.2) is 0 Å². The Morgan fingerprint density at radius 2 is 2.14 bits per heavy atom. The fourth-order valence-electron chi connectivity index (χ4n) is 1.39. The van der Waals surface area contributed by atoms with Crippen LogP contribution in [-0.4, -0.2) is 0 Å². The Morgan fingerprint density at radius 3 is 2.86 bits per heavy atom. The van der Waals surface area contributed by atoms with Crippen molar-refractivity contribution in [2.75, 3.05) is 0 Å². The first-order valence-corrected chi connectivity index (χ1v) is 5.26. The van der Waals surface area contributed by atoms with E-state index < -0.39 is 0 Å². The first-order valence-electron chi connectivity index (χ1n) is 4.32. The molecule has 2 aromatic rings. The Kier molecular flexibility index (Phi) is 2.61. The molecule has 1 heterocycles. The smallest absolute Gasteiger partial charge is 0.123 e. The van der Waals surface area contributed by atoms with Crippen LogP contribution in [0.4, 0.5) is 4.39 Å². The molecule has 0 saturated heterocycles. The standard InChI is InChI=1S/C11H10FNS/c12-10-3-1-2-8(4-10)11-7-14-6-9(11)5-13/h1-4,6-7H,5,13H2. The maximum atomic E-state index is 13.0. The Hall–Kier alpha value is -1.19. The van der Waals surface area contributed by atoms with Crippen molar-refractivity contribution < 1.29 is 4.39 Å². The molecule has 0 unspecified atom stereocenters. The molecule has 0 bridgehead atoms. The summed E-state index contributed by atoms with van der Waals surface area (Å²) in [4.78, 5) is 0. The van der Waals surface area contributed by atoms with E-state index >= 15 is 0 Å². The van der Waals surface area contributed by atoms with E-state index in [1.807, 2.05) is 16.8 Å². The van der Waals surface area contributed by atoms with Crippen LogP contribution in [0.25, 0.3) is 11.1 Å². The third kappa shape index (κ3) is 1.69. The van der Waals surface area contributed by atoms with Gasteiger partial charge in [0.05, 0.1) is 0 Å². The Balaban J connectivity index is 2.49. The largest absolute Gasteiger partial charge is 0.326 e. The Morgan fingerprint density at radius 1 is 1.29 bits per heavy atom. The number of nitrogens with two attached hydrogens (primary N) is 1. The van der Waals surface area contributed by atoms with Gasteiger partial charge in [-0.15, -0.1) is 0 Å². The van der Waals surface area contributed by atoms with Crippen molar-refractivity contribution in [3.05, 3.63) is 46.4 Å². The second kappa shape index (κ2) is 3.90. The minimum absolute atomic E-state index is 0.211. The summed E-state index contributed by atoms with van der Waals surface area (Å²) in [6, 6.07) is 6.58. The van der Waals surface area contributed by atoms with E-state index in [1.54, 1.807) is 17.4 Å². The summed E-state index contributed by atoms with van der Waals surface area (Å²) in [6.07, 6.45) is 0. The lowest BCUT2D eigenvalue weighted by Crippen LogP contribution is -1.95. The highest BCUT2D eigenvalue weighted by molar-refractivity contribution is 7.08. The van der Waals surface area contributed by atoms with Gasteiger partial charge in [-0.25, -0.2) is 4.39 Å². The minimum Gasteiger partial charge on any atom is -0.326 e. The van der Waals surface area contributed by atoms with Gasteiger partial charge in [-0.3, -0.25) is 0 Å². The summed E-state index contributed by atoms with van der Waals surface area (Å²) < 4.78 is 13.0. The molecule has 0 spiro atoms. The molecule has 2 rings (SSSR count). The molecule has 72 valence electrons. The second-order valence-corrected chi connectivity index (χ2v) is 3.77. The maximum Gasteiger partial charge on any atom is 0.123 e. The zero-order valence-electron chi connectivity index (χ0n) is 7.53. The van der Waals surface area contributed by atoms with Crippen molar-refractivity contribution in [2.24, 2.45) is 5.73 Å². The minimum atomic E-state index is -0.211. The van der Waals surface area contributed by atoms with E-state index in [9.17, 15) is 4.39 Å². The summed E-state index contributed by atoms with van der Waals surface area (Å²) in [5.41, 5.74) is 8.59. The van der Waals surface area contributed by atoms with E-state index in [4.69, 9.17) is 5.73 Å². The van der Waals surface area contributed by atoms with Gasteiger partial charge in [-0.2, -0.15) is 11.3 Å². The molecule has 14 heavy (non-hydrogen) atoms. The molecule has 0 aliphatic rings. The van der Waals surface area contributed by atoms with Crippen LogP contribution in [0.3, 0.4) is 0 Å². The monoisotopic (exact) mass is 207 g/mol. The van der Waals surface area contributed by atoms with Gasteiger partial charge in [0, 0.05) is 6.54 Å². The van der Waals surface area contributed by atoms with Crippen molar-refractivity contribution in [1.29, 1.82) is 0 Å². The van der Waals surface area contributed by atoms with E-state index in [-0.39, 0.29) is 5.82 Å². The van der Waals surface area contributed by atoms with Gasteiger partial charge in [-0.05, 0) is 39.6 Å². The quantitative estimate of drug-likeness (QED) is 0.804. The molecule has 1 aromatic carbocycles. The lowest BCUT2D eigenvalue weighted by molar-refractivity contribution is 0.628. The Bertz CT molecular complexity index is 436. The van der Waals surface area contributed by atoms with E-state index in [0.29, 0.717) is 6.54 Å². The van der Waals surface area contributed by atoms with Crippen molar-refractivity contribution in [2.45, 2.75) is 6.54 Å². The van der Waals surface area contributed by atoms with Crippen molar-refractivity contribution in [1.82, 2.24) is 0 Å². The van der Waals surface area contributed by atoms with E-state index in [2.05, 4.69) is 0 Å². The number of thiophene rings is 1. The number of halogens is 1. The lowest BCUT2D eigenvalue weighted by atomic mass is 10.1. The van der Waals surface area contributed by atoms with Crippen LogP contribution in [0, 0.1) is 5.82 Å². The number of benzene rings is 1. The fourth-order valence-corrected chi connectivity index (χ4v) is 2.27. The van der Waals surface area contributed by atoms with Gasteiger partial charge < -0.3 is 5.73 Å². The van der Waals surface area contributed by atoms with Crippen LogP contribution >= 0.6 is 11.3 Å². The highest BCUT2D eigenvalue weighted by Gasteiger charge is 2.05. The number of hydrogen-bond donors (Lipinski definition) is 1. The second-order valence-electron chi connectivity index (χ2n) is 3.03. The fraction of sp³-hybridized carbons (Fsp3) is 0.0909. The normalized spacial score (nSPS) is 10.4. The van der Waals surface area contributed by atoms with E-state index in [1.165, 1.54) is 12.1 Å². The molecule has 0 aliphatic carbocycles. The van der Waals surface area contributed by atoms with Crippen LogP contribution in [0.1, 0.15) is 5.56 Å². The van der Waals surface area contributed by atoms with Crippen LogP contribution in [-0.2, 0) is 6.54 Å². The van der Waals surface area contributed by atoms with E-state index in [0.717, 1.165) is 16.7 Å². The first-order chi connectivity index (χ1) is 6.81. The molecular formula is C11H10FNS. The highest BCUT2D eigenvalue weighted by atomic mass is 32.1. The maximum absolute atomic E-state index is 13.0. The van der Waals surface area contributed by atoms with Gasteiger partial charge >= 0.3 is 0 Å². The third-order valence-corrected chi connectivity index (χ3v) is 2.89. The molecule has 1 aromatic heterocycles. The molecule has 0 atom stereocenters. The number of rotatable bonds is 2. The summed E-state index contributed by atoms with van der Waals surface area (Å²) in [5.74, 6) is -0.211. The summed E-state index contributed by atoms with van der Waals surface area (Å²) >= 11 is 1.59. The molecule has 3 heteroatoms. The molecule has 0 fully saturated rings. The SMILES string of the molecule is NCc1cscc1-c1cccc(F)c1. The van der Waals surface area contributed by atoms with Crippen molar-refractivity contribution in [3.63, 3.8) is 0 Å². The molecule has 0 saturated carbocycles. The molecular weight excluding hydrogens is 197 g/mol.